The normalized spacial score (nSPS) is 10.2. The van der Waals surface area contributed by atoms with Crippen LogP contribution in [-0.4, -0.2) is 17.8 Å². The quantitative estimate of drug-likeness (QED) is 0.464. The molecule has 0 saturated carbocycles. The number of carbonyl (C=O) groups is 1. The number of hydrogen-bond acceptors (Lipinski definition) is 6. The first-order valence-corrected chi connectivity index (χ1v) is 6.88. The van der Waals surface area contributed by atoms with Gasteiger partial charge in [0.25, 0.3) is 5.06 Å². The van der Waals surface area contributed by atoms with E-state index in [1.807, 2.05) is 6.07 Å². The number of carbonyl (C=O) groups excluding carboxylic acids is 1. The Balaban J connectivity index is 2.18. The highest BCUT2D eigenvalue weighted by molar-refractivity contribution is 7.16. The number of thiophene rings is 1. The van der Waals surface area contributed by atoms with E-state index in [-0.39, 0.29) is 23.1 Å². The zero-order valence-electron chi connectivity index (χ0n) is 11.5. The molecule has 0 fully saturated rings. The number of hydrogen-bond donors (Lipinski definition) is 0. The minimum atomic E-state index is -0.552. The van der Waals surface area contributed by atoms with Crippen LogP contribution in [0.15, 0.2) is 30.3 Å². The van der Waals surface area contributed by atoms with Crippen LogP contribution < -0.4 is 9.47 Å². The summed E-state index contributed by atoms with van der Waals surface area (Å²) in [4.78, 5) is 22.0. The van der Waals surface area contributed by atoms with Crippen molar-refractivity contribution in [3.05, 3.63) is 50.9 Å². The fourth-order valence-electron chi connectivity index (χ4n) is 1.68. The van der Waals surface area contributed by atoms with Gasteiger partial charge in [-0.3, -0.25) is 14.9 Å². The third-order valence-electron chi connectivity index (χ3n) is 2.73. The molecule has 0 aliphatic rings. The highest BCUT2D eigenvalue weighted by Crippen LogP contribution is 2.37. The lowest BCUT2D eigenvalue weighted by Gasteiger charge is -2.05. The maximum atomic E-state index is 11.3. The van der Waals surface area contributed by atoms with Crippen molar-refractivity contribution < 1.29 is 19.2 Å². The number of nitro groups is 1. The molecule has 0 unspecified atom stereocenters. The molecule has 2 rings (SSSR count). The Morgan fingerprint density at radius 2 is 2.14 bits per heavy atom. The second kappa shape index (κ2) is 6.36. The first kappa shape index (κ1) is 15.0. The molecule has 0 aliphatic heterocycles. The van der Waals surface area contributed by atoms with Crippen molar-refractivity contribution in [1.82, 2.24) is 0 Å². The predicted octanol–water partition coefficient (Wildman–Crippen LogP) is 3.45. The molecule has 1 aromatic carbocycles. The molecule has 0 amide bonds. The second-order valence-electron chi connectivity index (χ2n) is 4.24. The Labute approximate surface area is 125 Å². The number of rotatable bonds is 6. The van der Waals surface area contributed by atoms with Crippen LogP contribution in [0.4, 0.5) is 5.69 Å². The van der Waals surface area contributed by atoms with Crippen LogP contribution in [0, 0.1) is 10.1 Å². The number of ketones is 1. The Kier molecular flexibility index (Phi) is 4.54. The molecule has 0 N–H and O–H groups in total. The molecular weight excluding hydrogens is 294 g/mol. The molecule has 0 spiro atoms. The van der Waals surface area contributed by atoms with Crippen LogP contribution in [0.1, 0.15) is 22.2 Å². The molecule has 1 aromatic heterocycles. The lowest BCUT2D eigenvalue weighted by atomic mass is 10.2. The first-order valence-electron chi connectivity index (χ1n) is 6.06. The van der Waals surface area contributed by atoms with E-state index in [9.17, 15) is 14.9 Å². The molecule has 21 heavy (non-hydrogen) atoms. The summed E-state index contributed by atoms with van der Waals surface area (Å²) in [7, 11) is 1.56. The summed E-state index contributed by atoms with van der Waals surface area (Å²) in [6.45, 7) is 1.53. The maximum Gasteiger partial charge on any atom is 0.323 e. The van der Waals surface area contributed by atoms with E-state index in [1.165, 1.54) is 13.0 Å². The van der Waals surface area contributed by atoms with Crippen molar-refractivity contribution in [2.45, 2.75) is 13.5 Å². The van der Waals surface area contributed by atoms with Gasteiger partial charge in [0.05, 0.1) is 16.9 Å². The number of ether oxygens (including phenoxy) is 2. The van der Waals surface area contributed by atoms with Crippen LogP contribution in [0.2, 0.25) is 0 Å². The summed E-state index contributed by atoms with van der Waals surface area (Å²) in [6.07, 6.45) is 0. The van der Waals surface area contributed by atoms with Crippen molar-refractivity contribution >= 4 is 22.8 Å². The standard InChI is InChI=1S/C14H13NO5S/c1-9(16)13-7-12(15(17)18)14(21-13)20-8-10-4-3-5-11(6-10)19-2/h3-7H,8H2,1-2H3. The van der Waals surface area contributed by atoms with Gasteiger partial charge in [0.2, 0.25) is 0 Å². The van der Waals surface area contributed by atoms with E-state index >= 15 is 0 Å². The summed E-state index contributed by atoms with van der Waals surface area (Å²) in [5.41, 5.74) is 0.634. The van der Waals surface area contributed by atoms with Gasteiger partial charge in [0.15, 0.2) is 5.78 Å². The second-order valence-corrected chi connectivity index (χ2v) is 5.25. The van der Waals surface area contributed by atoms with Crippen LogP contribution in [-0.2, 0) is 6.61 Å². The summed E-state index contributed by atoms with van der Waals surface area (Å²) >= 11 is 0.980. The molecule has 0 radical (unpaired) electrons. The molecule has 7 heteroatoms. The van der Waals surface area contributed by atoms with Crippen molar-refractivity contribution in [3.8, 4) is 10.8 Å². The summed E-state index contributed by atoms with van der Waals surface area (Å²) in [5.74, 6) is 0.459. The van der Waals surface area contributed by atoms with Crippen LogP contribution in [0.25, 0.3) is 0 Å². The van der Waals surface area contributed by atoms with Gasteiger partial charge in [-0.05, 0) is 24.6 Å². The van der Waals surface area contributed by atoms with Gasteiger partial charge in [0, 0.05) is 6.07 Å². The summed E-state index contributed by atoms with van der Waals surface area (Å²) < 4.78 is 10.6. The number of methoxy groups -OCH3 is 1. The van der Waals surface area contributed by atoms with Crippen molar-refractivity contribution in [2.24, 2.45) is 0 Å². The monoisotopic (exact) mass is 307 g/mol. The molecule has 0 saturated heterocycles. The fourth-order valence-corrected chi connectivity index (χ4v) is 2.55. The molecule has 0 bridgehead atoms. The maximum absolute atomic E-state index is 11.3. The van der Waals surface area contributed by atoms with Crippen molar-refractivity contribution in [1.29, 1.82) is 0 Å². The highest BCUT2D eigenvalue weighted by Gasteiger charge is 2.22. The van der Waals surface area contributed by atoms with Gasteiger partial charge in [-0.2, -0.15) is 0 Å². The Bertz CT molecular complexity index is 680. The van der Waals surface area contributed by atoms with Gasteiger partial charge < -0.3 is 9.47 Å². The Hall–Kier alpha value is -2.41. The van der Waals surface area contributed by atoms with E-state index in [1.54, 1.807) is 25.3 Å². The molecule has 6 nitrogen and oxygen atoms in total. The van der Waals surface area contributed by atoms with Gasteiger partial charge in [-0.15, -0.1) is 0 Å². The third kappa shape index (κ3) is 3.57. The highest BCUT2D eigenvalue weighted by atomic mass is 32.1. The molecule has 110 valence electrons. The first-order chi connectivity index (χ1) is 10.0. The largest absolute Gasteiger partial charge is 0.497 e. The van der Waals surface area contributed by atoms with Gasteiger partial charge in [-0.1, -0.05) is 23.5 Å². The van der Waals surface area contributed by atoms with Crippen molar-refractivity contribution in [2.75, 3.05) is 7.11 Å². The van der Waals surface area contributed by atoms with E-state index in [0.717, 1.165) is 16.9 Å². The molecular formula is C14H13NO5S. The molecule has 0 aliphatic carbocycles. The van der Waals surface area contributed by atoms with E-state index in [0.29, 0.717) is 10.6 Å². The van der Waals surface area contributed by atoms with Gasteiger partial charge in [0.1, 0.15) is 12.4 Å². The fraction of sp³-hybridized carbons (Fsp3) is 0.214. The topological polar surface area (TPSA) is 78.7 Å². The van der Waals surface area contributed by atoms with E-state index < -0.39 is 4.92 Å². The van der Waals surface area contributed by atoms with E-state index in [2.05, 4.69) is 0 Å². The average molecular weight is 307 g/mol. The third-order valence-corrected chi connectivity index (χ3v) is 3.86. The zero-order chi connectivity index (χ0) is 15.4. The Morgan fingerprint density at radius 3 is 2.76 bits per heavy atom. The lowest BCUT2D eigenvalue weighted by molar-refractivity contribution is -0.385. The SMILES string of the molecule is COc1cccc(COc2sc(C(C)=O)cc2[N+](=O)[O-])c1. The minimum absolute atomic E-state index is 0.132. The molecule has 2 aromatic rings. The number of Topliss-reactive ketones (excluding diaryl/α,β-unsaturated/α-hetero) is 1. The smallest absolute Gasteiger partial charge is 0.323 e. The summed E-state index contributed by atoms with van der Waals surface area (Å²) in [5, 5.41) is 11.1. The summed E-state index contributed by atoms with van der Waals surface area (Å²) in [6, 6.07) is 8.46. The predicted molar refractivity (Wildman–Crippen MR) is 78.3 cm³/mol. The van der Waals surface area contributed by atoms with Crippen LogP contribution in [0.5, 0.6) is 10.8 Å². The minimum Gasteiger partial charge on any atom is -0.497 e. The van der Waals surface area contributed by atoms with Crippen LogP contribution >= 0.6 is 11.3 Å². The Morgan fingerprint density at radius 1 is 1.38 bits per heavy atom. The zero-order valence-corrected chi connectivity index (χ0v) is 12.3. The lowest BCUT2D eigenvalue weighted by Crippen LogP contribution is -1.97. The van der Waals surface area contributed by atoms with Gasteiger partial charge in [-0.25, -0.2) is 0 Å². The number of benzene rings is 1. The molecule has 0 atom stereocenters. The number of nitrogens with zero attached hydrogens (tertiary/aromatic N) is 1. The van der Waals surface area contributed by atoms with Crippen LogP contribution in [0.3, 0.4) is 0 Å². The molecule has 1 heterocycles. The van der Waals surface area contributed by atoms with Gasteiger partial charge >= 0.3 is 5.69 Å². The van der Waals surface area contributed by atoms with E-state index in [4.69, 9.17) is 9.47 Å². The average Bonchev–Trinajstić information content (AvgIpc) is 2.90. The van der Waals surface area contributed by atoms with Crippen molar-refractivity contribution in [3.63, 3.8) is 0 Å².